The van der Waals surface area contributed by atoms with Crippen molar-refractivity contribution in [2.24, 2.45) is 0 Å². The fourth-order valence-electron chi connectivity index (χ4n) is 3.40. The van der Waals surface area contributed by atoms with Crippen molar-refractivity contribution in [2.45, 2.75) is 103 Å². The van der Waals surface area contributed by atoms with Gasteiger partial charge in [0.25, 0.3) is 0 Å². The fraction of sp³-hybridized carbons (Fsp3) is 0.885. The summed E-state index contributed by atoms with van der Waals surface area (Å²) in [5.41, 5.74) is 0. The van der Waals surface area contributed by atoms with E-state index in [1.54, 1.807) is 6.26 Å². The number of phosphoric ester groups is 1. The maximum atomic E-state index is 12.0. The minimum absolute atomic E-state index is 0.0351. The molecule has 0 aliphatic carbocycles. The Bertz CT molecular complexity index is 593. The molecule has 0 radical (unpaired) electrons. The highest BCUT2D eigenvalue weighted by molar-refractivity contribution is 7.47. The van der Waals surface area contributed by atoms with Crippen molar-refractivity contribution < 1.29 is 37.3 Å². The van der Waals surface area contributed by atoms with E-state index in [1.807, 2.05) is 27.2 Å². The van der Waals surface area contributed by atoms with Gasteiger partial charge in [0, 0.05) is 6.92 Å². The molecule has 35 heavy (non-hydrogen) atoms. The molecule has 0 bridgehead atoms. The highest BCUT2D eigenvalue weighted by Gasteiger charge is 2.25. The Morgan fingerprint density at radius 3 is 1.94 bits per heavy atom. The molecule has 2 atom stereocenters. The molecule has 0 rings (SSSR count). The predicted molar refractivity (Wildman–Crippen MR) is 141 cm³/mol. The molecular weight excluding hydrogens is 469 g/mol. The van der Waals surface area contributed by atoms with E-state index in [0.29, 0.717) is 11.0 Å². The second-order valence-corrected chi connectivity index (χ2v) is 11.7. The molecule has 0 saturated heterocycles. The van der Waals surface area contributed by atoms with Gasteiger partial charge in [-0.2, -0.15) is 0 Å². The number of phosphoric acid groups is 1. The molecule has 1 unspecified atom stereocenters. The van der Waals surface area contributed by atoms with E-state index in [1.165, 1.54) is 77.6 Å². The fourth-order valence-corrected chi connectivity index (χ4v) is 4.14. The Balaban J connectivity index is 3.89. The lowest BCUT2D eigenvalue weighted by Gasteiger charge is -2.24. The van der Waals surface area contributed by atoms with Gasteiger partial charge in [-0.3, -0.25) is 13.8 Å². The van der Waals surface area contributed by atoms with Gasteiger partial charge >= 0.3 is 13.8 Å². The van der Waals surface area contributed by atoms with Crippen molar-refractivity contribution in [3.05, 3.63) is 12.3 Å². The molecule has 0 saturated carbocycles. The minimum atomic E-state index is -4.23. The summed E-state index contributed by atoms with van der Waals surface area (Å²) in [6, 6.07) is 0. The zero-order chi connectivity index (χ0) is 26.4. The first kappa shape index (κ1) is 34.1. The van der Waals surface area contributed by atoms with Crippen LogP contribution in [0.25, 0.3) is 0 Å². The van der Waals surface area contributed by atoms with Crippen molar-refractivity contribution in [3.8, 4) is 0 Å². The molecule has 0 fully saturated rings. The number of ether oxygens (including phenoxy) is 2. The molecule has 0 amide bonds. The molecule has 0 aromatic heterocycles. The number of quaternary nitrogens is 1. The number of unbranched alkanes of at least 4 members (excludes halogenated alkanes) is 12. The van der Waals surface area contributed by atoms with Crippen LogP contribution in [0.3, 0.4) is 0 Å². The number of hydrogen-bond donors (Lipinski definition) is 1. The van der Waals surface area contributed by atoms with E-state index in [4.69, 9.17) is 18.5 Å². The average molecular weight is 523 g/mol. The Hall–Kier alpha value is -0.920. The Labute approximate surface area is 214 Å². The number of esters is 1. The van der Waals surface area contributed by atoms with Gasteiger partial charge in [0.1, 0.15) is 19.8 Å². The highest BCUT2D eigenvalue weighted by atomic mass is 31.2. The van der Waals surface area contributed by atoms with Gasteiger partial charge in [0.2, 0.25) is 0 Å². The van der Waals surface area contributed by atoms with Gasteiger partial charge in [-0.1, -0.05) is 77.6 Å². The molecule has 0 aliphatic heterocycles. The molecular formula is C26H53NO7P+. The minimum Gasteiger partial charge on any atom is -0.498 e. The van der Waals surface area contributed by atoms with Crippen LogP contribution < -0.4 is 0 Å². The lowest BCUT2D eigenvalue weighted by molar-refractivity contribution is -0.870. The van der Waals surface area contributed by atoms with Gasteiger partial charge in [-0.25, -0.2) is 4.57 Å². The van der Waals surface area contributed by atoms with Crippen molar-refractivity contribution in [1.82, 2.24) is 0 Å². The molecule has 0 aliphatic rings. The van der Waals surface area contributed by atoms with Crippen LogP contribution >= 0.6 is 7.82 Å². The van der Waals surface area contributed by atoms with Gasteiger partial charge in [-0.15, -0.1) is 0 Å². The van der Waals surface area contributed by atoms with Gasteiger partial charge in [0.05, 0.1) is 34.0 Å². The third-order valence-electron chi connectivity index (χ3n) is 5.47. The molecule has 0 aromatic rings. The molecule has 208 valence electrons. The third kappa shape index (κ3) is 26.0. The van der Waals surface area contributed by atoms with E-state index in [9.17, 15) is 14.3 Å². The van der Waals surface area contributed by atoms with Crippen LogP contribution in [-0.4, -0.2) is 69.0 Å². The number of nitrogens with zero attached hydrogens (tertiary/aromatic N) is 1. The average Bonchev–Trinajstić information content (AvgIpc) is 2.75. The standard InChI is InChI=1S/C26H52NO7P/c1-6-7-8-9-10-11-12-13-14-15-16-17-18-19-21-31-23-26(34-25(2)28)24-33-35(29,30)32-22-20-27(3,4)5/h19,21,26H,6-18,20,22-24H2,1-5H3/p+1/b21-19+/t26-/m1/s1. The monoisotopic (exact) mass is 522 g/mol. The van der Waals surface area contributed by atoms with E-state index in [0.717, 1.165) is 12.8 Å². The smallest absolute Gasteiger partial charge is 0.472 e. The van der Waals surface area contributed by atoms with E-state index >= 15 is 0 Å². The number of carbonyl (C=O) groups excluding carboxylic acids is 1. The summed E-state index contributed by atoms with van der Waals surface area (Å²) in [6.45, 7) is 3.90. The largest absolute Gasteiger partial charge is 0.498 e. The van der Waals surface area contributed by atoms with Crippen molar-refractivity contribution >= 4 is 13.8 Å². The second kappa shape index (κ2) is 21.2. The van der Waals surface area contributed by atoms with Crippen LogP contribution in [-0.2, 0) is 27.9 Å². The summed E-state index contributed by atoms with van der Waals surface area (Å²) in [5, 5.41) is 0. The van der Waals surface area contributed by atoms with Crippen LogP contribution in [0.5, 0.6) is 0 Å². The van der Waals surface area contributed by atoms with Crippen LogP contribution in [0.1, 0.15) is 97.3 Å². The first-order chi connectivity index (χ1) is 16.6. The Morgan fingerprint density at radius 2 is 1.43 bits per heavy atom. The van der Waals surface area contributed by atoms with Crippen LogP contribution in [0.15, 0.2) is 12.3 Å². The number of allylic oxidation sites excluding steroid dienone is 1. The topological polar surface area (TPSA) is 91.3 Å². The maximum absolute atomic E-state index is 12.0. The zero-order valence-corrected chi connectivity index (χ0v) is 23.9. The number of rotatable bonds is 24. The number of likely N-dealkylation sites (N-methyl/N-ethyl adjacent to an activating group) is 1. The second-order valence-electron chi connectivity index (χ2n) is 10.2. The van der Waals surface area contributed by atoms with E-state index in [-0.39, 0.29) is 19.8 Å². The summed E-state index contributed by atoms with van der Waals surface area (Å²) in [7, 11) is 1.62. The SMILES string of the molecule is CCCCCCCCCCCCCC/C=C/OC[C@H](COP(=O)(O)OCC[N+](C)(C)C)OC(C)=O. The zero-order valence-electron chi connectivity index (χ0n) is 23.0. The summed E-state index contributed by atoms with van der Waals surface area (Å²) in [6.07, 6.45) is 19.5. The van der Waals surface area contributed by atoms with Crippen molar-refractivity contribution in [1.29, 1.82) is 0 Å². The van der Waals surface area contributed by atoms with E-state index in [2.05, 4.69) is 6.92 Å². The first-order valence-electron chi connectivity index (χ1n) is 13.4. The highest BCUT2D eigenvalue weighted by Crippen LogP contribution is 2.43. The van der Waals surface area contributed by atoms with Crippen molar-refractivity contribution in [3.63, 3.8) is 0 Å². The van der Waals surface area contributed by atoms with Gasteiger partial charge in [0.15, 0.2) is 6.10 Å². The normalized spacial score (nSPS) is 14.7. The summed E-state index contributed by atoms with van der Waals surface area (Å²) in [4.78, 5) is 21.1. The summed E-state index contributed by atoms with van der Waals surface area (Å²) >= 11 is 0. The third-order valence-corrected chi connectivity index (χ3v) is 6.46. The molecule has 1 N–H and O–H groups in total. The predicted octanol–water partition coefficient (Wildman–Crippen LogP) is 6.38. The lowest BCUT2D eigenvalue weighted by atomic mass is 10.0. The van der Waals surface area contributed by atoms with Gasteiger partial charge < -0.3 is 18.9 Å². The molecule has 0 spiro atoms. The van der Waals surface area contributed by atoms with Crippen LogP contribution in [0.2, 0.25) is 0 Å². The summed E-state index contributed by atoms with van der Waals surface area (Å²) < 4.78 is 33.1. The van der Waals surface area contributed by atoms with Crippen LogP contribution in [0.4, 0.5) is 0 Å². The quantitative estimate of drug-likeness (QED) is 0.0517. The molecule has 0 heterocycles. The van der Waals surface area contributed by atoms with Crippen LogP contribution in [0, 0.1) is 0 Å². The molecule has 8 nitrogen and oxygen atoms in total. The molecule has 0 aromatic carbocycles. The number of carbonyl (C=O) groups is 1. The Kier molecular flexibility index (Phi) is 20.6. The number of hydrogen-bond acceptors (Lipinski definition) is 6. The molecule has 9 heteroatoms. The van der Waals surface area contributed by atoms with Gasteiger partial charge in [-0.05, 0) is 18.9 Å². The maximum Gasteiger partial charge on any atom is 0.472 e. The first-order valence-corrected chi connectivity index (χ1v) is 14.9. The lowest BCUT2D eigenvalue weighted by Crippen LogP contribution is -2.37. The van der Waals surface area contributed by atoms with E-state index < -0.39 is 19.9 Å². The van der Waals surface area contributed by atoms with Crippen molar-refractivity contribution in [2.75, 3.05) is 47.5 Å². The summed E-state index contributed by atoms with van der Waals surface area (Å²) in [5.74, 6) is -0.513. The Morgan fingerprint density at radius 1 is 0.886 bits per heavy atom.